The van der Waals surface area contributed by atoms with Crippen LogP contribution in [0.3, 0.4) is 0 Å². The summed E-state index contributed by atoms with van der Waals surface area (Å²) in [6, 6.07) is 7.38. The van der Waals surface area contributed by atoms with Gasteiger partial charge >= 0.3 is 5.69 Å². The first kappa shape index (κ1) is 14.1. The van der Waals surface area contributed by atoms with Gasteiger partial charge in [0.05, 0.1) is 11.3 Å². The number of para-hydroxylation sites is 1. The zero-order chi connectivity index (χ0) is 14.7. The van der Waals surface area contributed by atoms with Gasteiger partial charge in [0.2, 0.25) is 5.88 Å². The van der Waals surface area contributed by atoms with Gasteiger partial charge in [-0.3, -0.25) is 9.78 Å². The van der Waals surface area contributed by atoms with E-state index < -0.39 is 11.2 Å². The molecule has 0 radical (unpaired) electrons. The SMILES string of the molecule is CCCc1ccccc1-n1c(O)c(CC)c(=O)[nH]c1=O. The molecule has 2 aromatic rings. The second kappa shape index (κ2) is 5.77. The van der Waals surface area contributed by atoms with E-state index in [0.717, 1.165) is 18.4 Å². The molecule has 0 fully saturated rings. The van der Waals surface area contributed by atoms with Crippen LogP contribution >= 0.6 is 0 Å². The smallest absolute Gasteiger partial charge is 0.335 e. The van der Waals surface area contributed by atoms with Crippen LogP contribution in [-0.4, -0.2) is 14.7 Å². The van der Waals surface area contributed by atoms with Crippen LogP contribution < -0.4 is 11.2 Å². The minimum atomic E-state index is -0.617. The molecule has 1 aromatic carbocycles. The Morgan fingerprint density at radius 1 is 1.20 bits per heavy atom. The van der Waals surface area contributed by atoms with E-state index in [2.05, 4.69) is 4.98 Å². The van der Waals surface area contributed by atoms with Crippen LogP contribution in [0.5, 0.6) is 5.88 Å². The number of benzene rings is 1. The first-order chi connectivity index (χ1) is 9.60. The fourth-order valence-corrected chi connectivity index (χ4v) is 2.31. The molecule has 2 rings (SSSR count). The normalized spacial score (nSPS) is 10.7. The van der Waals surface area contributed by atoms with Crippen LogP contribution in [0.15, 0.2) is 33.9 Å². The monoisotopic (exact) mass is 274 g/mol. The van der Waals surface area contributed by atoms with Crippen molar-refractivity contribution in [1.82, 2.24) is 9.55 Å². The molecule has 0 atom stereocenters. The summed E-state index contributed by atoms with van der Waals surface area (Å²) >= 11 is 0. The molecule has 5 nitrogen and oxygen atoms in total. The van der Waals surface area contributed by atoms with E-state index in [1.807, 2.05) is 19.1 Å². The maximum absolute atomic E-state index is 12.0. The zero-order valence-corrected chi connectivity index (χ0v) is 11.6. The highest BCUT2D eigenvalue weighted by atomic mass is 16.3. The van der Waals surface area contributed by atoms with Crippen LogP contribution in [0.1, 0.15) is 31.4 Å². The van der Waals surface area contributed by atoms with Crippen molar-refractivity contribution >= 4 is 0 Å². The lowest BCUT2D eigenvalue weighted by molar-refractivity contribution is 0.423. The molecule has 1 aromatic heterocycles. The van der Waals surface area contributed by atoms with Crippen molar-refractivity contribution in [3.8, 4) is 11.6 Å². The highest BCUT2D eigenvalue weighted by Crippen LogP contribution is 2.20. The summed E-state index contributed by atoms with van der Waals surface area (Å²) in [5.74, 6) is -0.273. The Morgan fingerprint density at radius 3 is 2.55 bits per heavy atom. The summed E-state index contributed by atoms with van der Waals surface area (Å²) in [5, 5.41) is 10.2. The first-order valence-corrected chi connectivity index (χ1v) is 6.75. The predicted octanol–water partition coefficient (Wildman–Crippen LogP) is 1.75. The van der Waals surface area contributed by atoms with Gasteiger partial charge in [-0.2, -0.15) is 0 Å². The maximum atomic E-state index is 12.0. The number of rotatable bonds is 4. The highest BCUT2D eigenvalue weighted by Gasteiger charge is 2.15. The third-order valence-corrected chi connectivity index (χ3v) is 3.28. The second-order valence-electron chi connectivity index (χ2n) is 4.63. The molecule has 0 aliphatic heterocycles. The van der Waals surface area contributed by atoms with Crippen LogP contribution in [0.2, 0.25) is 0 Å². The van der Waals surface area contributed by atoms with Crippen LogP contribution in [0.25, 0.3) is 5.69 Å². The molecule has 5 heteroatoms. The summed E-state index contributed by atoms with van der Waals surface area (Å²) in [5.41, 5.74) is 0.646. The number of H-pyrrole nitrogens is 1. The highest BCUT2D eigenvalue weighted by molar-refractivity contribution is 5.44. The van der Waals surface area contributed by atoms with Crippen molar-refractivity contribution in [3.63, 3.8) is 0 Å². The molecular formula is C15H18N2O3. The van der Waals surface area contributed by atoms with Crippen LogP contribution in [0.4, 0.5) is 0 Å². The number of nitrogens with one attached hydrogen (secondary N) is 1. The van der Waals surface area contributed by atoms with E-state index in [1.54, 1.807) is 19.1 Å². The lowest BCUT2D eigenvalue weighted by atomic mass is 10.1. The van der Waals surface area contributed by atoms with Gasteiger partial charge in [0.25, 0.3) is 5.56 Å². The predicted molar refractivity (Wildman–Crippen MR) is 77.7 cm³/mol. The second-order valence-corrected chi connectivity index (χ2v) is 4.63. The number of aromatic hydroxyl groups is 1. The molecule has 0 aliphatic rings. The Labute approximate surface area is 116 Å². The third-order valence-electron chi connectivity index (χ3n) is 3.28. The average molecular weight is 274 g/mol. The van der Waals surface area contributed by atoms with Gasteiger partial charge in [-0.1, -0.05) is 38.5 Å². The number of hydrogen-bond acceptors (Lipinski definition) is 3. The molecule has 0 saturated heterocycles. The first-order valence-electron chi connectivity index (χ1n) is 6.75. The Kier molecular flexibility index (Phi) is 4.08. The number of aryl methyl sites for hydroxylation is 1. The topological polar surface area (TPSA) is 75.1 Å². The Balaban J connectivity index is 2.77. The molecule has 2 N–H and O–H groups in total. The number of hydrogen-bond donors (Lipinski definition) is 2. The van der Waals surface area contributed by atoms with Gasteiger partial charge in [-0.15, -0.1) is 0 Å². The molecule has 1 heterocycles. The van der Waals surface area contributed by atoms with Crippen LogP contribution in [-0.2, 0) is 12.8 Å². The van der Waals surface area contributed by atoms with E-state index >= 15 is 0 Å². The minimum absolute atomic E-state index is 0.218. The van der Waals surface area contributed by atoms with Gasteiger partial charge in [0.1, 0.15) is 0 Å². The summed E-state index contributed by atoms with van der Waals surface area (Å²) in [6.07, 6.45) is 2.08. The molecule has 20 heavy (non-hydrogen) atoms. The van der Waals surface area contributed by atoms with Gasteiger partial charge in [0, 0.05) is 0 Å². The standard InChI is InChI=1S/C15H18N2O3/c1-3-7-10-8-5-6-9-12(10)17-14(19)11(4-2)13(18)16-15(17)20/h5-6,8-9,19H,3-4,7H2,1-2H3,(H,16,18,20). The Morgan fingerprint density at radius 2 is 1.90 bits per heavy atom. The summed E-state index contributed by atoms with van der Waals surface area (Å²) in [6.45, 7) is 3.81. The lowest BCUT2D eigenvalue weighted by Crippen LogP contribution is -2.31. The minimum Gasteiger partial charge on any atom is -0.494 e. The van der Waals surface area contributed by atoms with Gasteiger partial charge < -0.3 is 5.11 Å². The van der Waals surface area contributed by atoms with Crippen molar-refractivity contribution < 1.29 is 5.11 Å². The van der Waals surface area contributed by atoms with Crippen LogP contribution in [0, 0.1) is 0 Å². The van der Waals surface area contributed by atoms with E-state index in [0.29, 0.717) is 12.1 Å². The summed E-state index contributed by atoms with van der Waals surface area (Å²) in [4.78, 5) is 25.9. The van der Waals surface area contributed by atoms with E-state index in [1.165, 1.54) is 4.57 Å². The molecule has 0 bridgehead atoms. The lowest BCUT2D eigenvalue weighted by Gasteiger charge is -2.14. The molecule has 0 unspecified atom stereocenters. The van der Waals surface area contributed by atoms with E-state index in [-0.39, 0.29) is 11.4 Å². The summed E-state index contributed by atoms with van der Waals surface area (Å²) < 4.78 is 1.17. The zero-order valence-electron chi connectivity index (χ0n) is 11.6. The molecule has 0 amide bonds. The van der Waals surface area contributed by atoms with Gasteiger partial charge in [-0.05, 0) is 24.5 Å². The third kappa shape index (κ3) is 2.39. The van der Waals surface area contributed by atoms with Crippen molar-refractivity contribution in [2.45, 2.75) is 33.1 Å². The van der Waals surface area contributed by atoms with Crippen molar-refractivity contribution in [2.24, 2.45) is 0 Å². The largest absolute Gasteiger partial charge is 0.494 e. The number of nitrogens with zero attached hydrogens (tertiary/aromatic N) is 1. The molecule has 0 aliphatic carbocycles. The fraction of sp³-hybridized carbons (Fsp3) is 0.333. The van der Waals surface area contributed by atoms with Gasteiger partial charge in [0.15, 0.2) is 0 Å². The average Bonchev–Trinajstić information content (AvgIpc) is 2.41. The molecule has 0 saturated carbocycles. The molecule has 106 valence electrons. The molecule has 0 spiro atoms. The van der Waals surface area contributed by atoms with Gasteiger partial charge in [-0.25, -0.2) is 9.36 Å². The Bertz CT molecular complexity index is 729. The van der Waals surface area contributed by atoms with Crippen molar-refractivity contribution in [2.75, 3.05) is 0 Å². The summed E-state index contributed by atoms with van der Waals surface area (Å²) in [7, 11) is 0. The quantitative estimate of drug-likeness (QED) is 0.891. The van der Waals surface area contributed by atoms with E-state index in [4.69, 9.17) is 0 Å². The number of aromatic amines is 1. The fourth-order valence-electron chi connectivity index (χ4n) is 2.31. The van der Waals surface area contributed by atoms with Crippen molar-refractivity contribution in [3.05, 3.63) is 56.2 Å². The van der Waals surface area contributed by atoms with E-state index in [9.17, 15) is 14.7 Å². The maximum Gasteiger partial charge on any atom is 0.335 e. The van der Waals surface area contributed by atoms with Crippen molar-refractivity contribution in [1.29, 1.82) is 0 Å². The molecular weight excluding hydrogens is 256 g/mol. The Hall–Kier alpha value is -2.30. The number of aromatic nitrogens is 2.